The van der Waals surface area contributed by atoms with E-state index in [4.69, 9.17) is 9.84 Å². The standard InChI is InChI=1S/C22H34O6/c1-2-3-4-5-6-7-8-9-10-11-18(24)21-16-19(25)20(28-21)14-12-17(23)13-15-22(26)27/h3-4,6-7,9-10,12,14,17-21,23-25H,2,5,8,11,13,15-16H2,1H3,(H,26,27)/b4-3-,7-6-,10-9-,14-12+/t17-,18+,19-,20+,21-/m0/s1. The largest absolute Gasteiger partial charge is 0.481 e. The van der Waals surface area contributed by atoms with Crippen LogP contribution in [0.1, 0.15) is 51.9 Å². The molecule has 28 heavy (non-hydrogen) atoms. The van der Waals surface area contributed by atoms with E-state index in [1.165, 1.54) is 12.2 Å². The highest BCUT2D eigenvalue weighted by Crippen LogP contribution is 2.25. The number of carboxylic acids is 1. The summed E-state index contributed by atoms with van der Waals surface area (Å²) in [5, 5.41) is 38.6. The van der Waals surface area contributed by atoms with Crippen LogP contribution in [0.15, 0.2) is 48.6 Å². The van der Waals surface area contributed by atoms with E-state index in [-0.39, 0.29) is 12.8 Å². The Kier molecular flexibility index (Phi) is 12.4. The number of carboxylic acid groups (broad SMARTS) is 1. The van der Waals surface area contributed by atoms with Gasteiger partial charge >= 0.3 is 5.97 Å². The predicted octanol–water partition coefficient (Wildman–Crippen LogP) is 2.90. The molecule has 0 saturated carbocycles. The van der Waals surface area contributed by atoms with Gasteiger partial charge in [-0.15, -0.1) is 0 Å². The van der Waals surface area contributed by atoms with Gasteiger partial charge in [-0.1, -0.05) is 55.5 Å². The van der Waals surface area contributed by atoms with E-state index < -0.39 is 36.5 Å². The van der Waals surface area contributed by atoms with Crippen molar-refractivity contribution in [2.75, 3.05) is 0 Å². The van der Waals surface area contributed by atoms with E-state index in [0.717, 1.165) is 19.3 Å². The lowest BCUT2D eigenvalue weighted by atomic mass is 10.0. The van der Waals surface area contributed by atoms with Gasteiger partial charge in [0.2, 0.25) is 0 Å². The monoisotopic (exact) mass is 394 g/mol. The van der Waals surface area contributed by atoms with Crippen LogP contribution in [0.4, 0.5) is 0 Å². The van der Waals surface area contributed by atoms with Crippen molar-refractivity contribution < 1.29 is 30.0 Å². The molecule has 0 unspecified atom stereocenters. The van der Waals surface area contributed by atoms with Crippen LogP contribution in [-0.2, 0) is 9.53 Å². The summed E-state index contributed by atoms with van der Waals surface area (Å²) in [6, 6.07) is 0. The normalized spacial score (nSPS) is 25.5. The SMILES string of the molecule is CC/C=C\C/C=C\C/C=C\C[C@@H](O)[C@@H]1C[C@H](O)[C@@H](/C=C/[C@H](O)CCC(=O)O)O1. The quantitative estimate of drug-likeness (QED) is 0.358. The molecule has 1 heterocycles. The summed E-state index contributed by atoms with van der Waals surface area (Å²) in [7, 11) is 0. The lowest BCUT2D eigenvalue weighted by molar-refractivity contribution is -0.137. The Labute approximate surface area is 167 Å². The van der Waals surface area contributed by atoms with E-state index in [9.17, 15) is 20.1 Å². The van der Waals surface area contributed by atoms with Crippen molar-refractivity contribution in [3.05, 3.63) is 48.6 Å². The van der Waals surface area contributed by atoms with Crippen molar-refractivity contribution >= 4 is 5.97 Å². The van der Waals surface area contributed by atoms with Crippen molar-refractivity contribution in [1.82, 2.24) is 0 Å². The minimum atomic E-state index is -0.968. The summed E-state index contributed by atoms with van der Waals surface area (Å²) in [6.45, 7) is 2.10. The van der Waals surface area contributed by atoms with Crippen molar-refractivity contribution in [1.29, 1.82) is 0 Å². The Bertz CT molecular complexity index is 551. The Morgan fingerprint density at radius 1 is 1.11 bits per heavy atom. The first-order valence-electron chi connectivity index (χ1n) is 9.98. The zero-order chi connectivity index (χ0) is 20.8. The zero-order valence-electron chi connectivity index (χ0n) is 16.6. The molecule has 1 fully saturated rings. The Morgan fingerprint density at radius 2 is 1.75 bits per heavy atom. The second-order valence-corrected chi connectivity index (χ2v) is 6.92. The van der Waals surface area contributed by atoms with Crippen LogP contribution in [0, 0.1) is 0 Å². The molecule has 1 aliphatic heterocycles. The molecule has 1 rings (SSSR count). The molecule has 6 nitrogen and oxygen atoms in total. The van der Waals surface area contributed by atoms with Crippen LogP contribution >= 0.6 is 0 Å². The maximum absolute atomic E-state index is 10.5. The maximum Gasteiger partial charge on any atom is 0.303 e. The number of aliphatic hydroxyl groups excluding tert-OH is 3. The molecule has 0 radical (unpaired) electrons. The van der Waals surface area contributed by atoms with Crippen molar-refractivity contribution in [2.45, 2.75) is 82.4 Å². The van der Waals surface area contributed by atoms with Crippen LogP contribution < -0.4 is 0 Å². The molecular formula is C22H34O6. The summed E-state index contributed by atoms with van der Waals surface area (Å²) >= 11 is 0. The highest BCUT2D eigenvalue weighted by atomic mass is 16.5. The van der Waals surface area contributed by atoms with Crippen LogP contribution in [0.25, 0.3) is 0 Å². The van der Waals surface area contributed by atoms with E-state index in [0.29, 0.717) is 12.8 Å². The number of allylic oxidation sites excluding steroid dienone is 5. The van der Waals surface area contributed by atoms with E-state index >= 15 is 0 Å². The predicted molar refractivity (Wildman–Crippen MR) is 109 cm³/mol. The van der Waals surface area contributed by atoms with Gasteiger partial charge in [-0.2, -0.15) is 0 Å². The molecule has 1 saturated heterocycles. The minimum Gasteiger partial charge on any atom is -0.481 e. The topological polar surface area (TPSA) is 107 Å². The van der Waals surface area contributed by atoms with Crippen LogP contribution in [-0.4, -0.2) is 56.9 Å². The molecule has 158 valence electrons. The van der Waals surface area contributed by atoms with Gasteiger partial charge < -0.3 is 25.2 Å². The third-order valence-electron chi connectivity index (χ3n) is 4.45. The number of ether oxygens (including phenoxy) is 1. The molecule has 5 atom stereocenters. The molecular weight excluding hydrogens is 360 g/mol. The first-order chi connectivity index (χ1) is 13.4. The van der Waals surface area contributed by atoms with Gasteiger partial charge in [-0.05, 0) is 32.1 Å². The number of aliphatic carboxylic acids is 1. The summed E-state index contributed by atoms with van der Waals surface area (Å²) < 4.78 is 5.67. The van der Waals surface area contributed by atoms with E-state index in [1.807, 2.05) is 12.2 Å². The summed E-state index contributed by atoms with van der Waals surface area (Å²) in [6.07, 6.45) is 15.4. The second-order valence-electron chi connectivity index (χ2n) is 6.92. The lowest BCUT2D eigenvalue weighted by Crippen LogP contribution is -2.25. The van der Waals surface area contributed by atoms with Gasteiger partial charge in [0.05, 0.1) is 24.4 Å². The highest BCUT2D eigenvalue weighted by molar-refractivity contribution is 5.66. The fourth-order valence-corrected chi connectivity index (χ4v) is 2.84. The highest BCUT2D eigenvalue weighted by Gasteiger charge is 2.35. The van der Waals surface area contributed by atoms with Crippen LogP contribution in [0.3, 0.4) is 0 Å². The molecule has 0 aliphatic carbocycles. The minimum absolute atomic E-state index is 0.106. The molecule has 0 aromatic rings. The number of aliphatic hydroxyl groups is 3. The van der Waals surface area contributed by atoms with Gasteiger partial charge in [0.1, 0.15) is 6.10 Å². The fraction of sp³-hybridized carbons (Fsp3) is 0.591. The van der Waals surface area contributed by atoms with Gasteiger partial charge in [0, 0.05) is 12.8 Å². The van der Waals surface area contributed by atoms with Gasteiger partial charge in [0.25, 0.3) is 0 Å². The molecule has 0 bridgehead atoms. The maximum atomic E-state index is 10.5. The third kappa shape index (κ3) is 10.6. The lowest BCUT2D eigenvalue weighted by Gasteiger charge is -2.16. The van der Waals surface area contributed by atoms with Crippen molar-refractivity contribution in [3.8, 4) is 0 Å². The number of hydrogen-bond acceptors (Lipinski definition) is 5. The number of rotatable bonds is 13. The van der Waals surface area contributed by atoms with Crippen LogP contribution in [0.5, 0.6) is 0 Å². The fourth-order valence-electron chi connectivity index (χ4n) is 2.84. The molecule has 0 spiro atoms. The molecule has 1 aliphatic rings. The van der Waals surface area contributed by atoms with Crippen molar-refractivity contribution in [2.24, 2.45) is 0 Å². The molecule has 4 N–H and O–H groups in total. The summed E-state index contributed by atoms with van der Waals surface area (Å²) in [4.78, 5) is 10.5. The second kappa shape index (κ2) is 14.3. The summed E-state index contributed by atoms with van der Waals surface area (Å²) in [5.74, 6) is -0.968. The van der Waals surface area contributed by atoms with Gasteiger partial charge in [0.15, 0.2) is 0 Å². The first-order valence-corrected chi connectivity index (χ1v) is 9.98. The van der Waals surface area contributed by atoms with Gasteiger partial charge in [-0.25, -0.2) is 0 Å². The Balaban J connectivity index is 2.31. The Morgan fingerprint density at radius 3 is 2.39 bits per heavy atom. The van der Waals surface area contributed by atoms with Crippen molar-refractivity contribution in [3.63, 3.8) is 0 Å². The molecule has 6 heteroatoms. The zero-order valence-corrected chi connectivity index (χ0v) is 16.6. The molecule has 0 aromatic carbocycles. The average molecular weight is 395 g/mol. The number of carbonyl (C=O) groups is 1. The number of hydrogen-bond donors (Lipinski definition) is 4. The average Bonchev–Trinajstić information content (AvgIpc) is 3.04. The third-order valence-corrected chi connectivity index (χ3v) is 4.45. The van der Waals surface area contributed by atoms with E-state index in [1.54, 1.807) is 0 Å². The van der Waals surface area contributed by atoms with Crippen LogP contribution in [0.2, 0.25) is 0 Å². The molecule has 0 amide bonds. The van der Waals surface area contributed by atoms with E-state index in [2.05, 4.69) is 31.2 Å². The first kappa shape index (κ1) is 24.3. The van der Waals surface area contributed by atoms with Gasteiger partial charge in [-0.3, -0.25) is 4.79 Å². The summed E-state index contributed by atoms with van der Waals surface area (Å²) in [5.41, 5.74) is 0. The Hall–Kier alpha value is -1.73. The molecule has 0 aromatic heterocycles. The smallest absolute Gasteiger partial charge is 0.303 e.